The lowest BCUT2D eigenvalue weighted by molar-refractivity contribution is 0.344. The average Bonchev–Trinajstić information content (AvgIpc) is 2.88. The summed E-state index contributed by atoms with van der Waals surface area (Å²) in [6.45, 7) is 4.61. The van der Waals surface area contributed by atoms with Crippen molar-refractivity contribution in [2.24, 2.45) is 5.92 Å². The second kappa shape index (κ2) is 7.51. The highest BCUT2D eigenvalue weighted by atomic mass is 16.3. The van der Waals surface area contributed by atoms with Crippen LogP contribution < -0.4 is 10.6 Å². The van der Waals surface area contributed by atoms with Crippen molar-refractivity contribution >= 4 is 0 Å². The molecule has 0 aromatic carbocycles. The predicted molar refractivity (Wildman–Crippen MR) is 70.1 cm³/mol. The fraction of sp³-hybridized carbons (Fsp3) is 0.714. The molecular weight excluding hydrogens is 212 g/mol. The van der Waals surface area contributed by atoms with Gasteiger partial charge >= 0.3 is 0 Å². The number of nitrogens with one attached hydrogen (secondary N) is 2. The lowest BCUT2D eigenvalue weighted by Crippen LogP contribution is -2.28. The molecule has 96 valence electrons. The van der Waals surface area contributed by atoms with Crippen molar-refractivity contribution in [2.75, 3.05) is 26.2 Å². The molecule has 3 nitrogen and oxygen atoms in total. The molecule has 0 amide bonds. The quantitative estimate of drug-likeness (QED) is 0.713. The van der Waals surface area contributed by atoms with Gasteiger partial charge in [0.25, 0.3) is 0 Å². The van der Waals surface area contributed by atoms with Gasteiger partial charge in [0, 0.05) is 13.0 Å². The van der Waals surface area contributed by atoms with Crippen molar-refractivity contribution in [2.45, 2.75) is 32.1 Å². The topological polar surface area (TPSA) is 37.2 Å². The van der Waals surface area contributed by atoms with E-state index >= 15 is 0 Å². The van der Waals surface area contributed by atoms with E-state index in [2.05, 4.69) is 10.6 Å². The molecule has 1 aliphatic heterocycles. The molecule has 1 aromatic heterocycles. The second-order valence-corrected chi connectivity index (χ2v) is 4.91. The van der Waals surface area contributed by atoms with E-state index in [4.69, 9.17) is 4.42 Å². The van der Waals surface area contributed by atoms with Crippen LogP contribution >= 0.6 is 0 Å². The monoisotopic (exact) mass is 236 g/mol. The van der Waals surface area contributed by atoms with Gasteiger partial charge in [0.15, 0.2) is 0 Å². The molecule has 2 N–H and O–H groups in total. The van der Waals surface area contributed by atoms with Crippen LogP contribution in [0, 0.1) is 5.92 Å². The molecule has 0 saturated carbocycles. The third-order valence-electron chi connectivity index (χ3n) is 3.55. The summed E-state index contributed by atoms with van der Waals surface area (Å²) in [4.78, 5) is 0. The Labute approximate surface area is 104 Å². The molecule has 1 saturated heterocycles. The van der Waals surface area contributed by atoms with E-state index in [1.165, 1.54) is 38.8 Å². The molecule has 1 aliphatic rings. The van der Waals surface area contributed by atoms with Crippen LogP contribution in [0.1, 0.15) is 31.4 Å². The molecule has 0 spiro atoms. The Bertz CT molecular complexity index is 278. The van der Waals surface area contributed by atoms with Crippen LogP contribution in [0.15, 0.2) is 22.8 Å². The first-order valence-electron chi connectivity index (χ1n) is 6.89. The Kier molecular flexibility index (Phi) is 5.59. The van der Waals surface area contributed by atoms with Crippen LogP contribution in [0.5, 0.6) is 0 Å². The van der Waals surface area contributed by atoms with Crippen LogP contribution in [-0.2, 0) is 6.42 Å². The first-order valence-corrected chi connectivity index (χ1v) is 6.89. The SMILES string of the molecule is c1coc(CCNCCCC2CCNCC2)c1. The summed E-state index contributed by atoms with van der Waals surface area (Å²) in [5.41, 5.74) is 0. The van der Waals surface area contributed by atoms with E-state index in [1.807, 2.05) is 12.1 Å². The largest absolute Gasteiger partial charge is 0.469 e. The average molecular weight is 236 g/mol. The van der Waals surface area contributed by atoms with E-state index in [0.717, 1.165) is 31.2 Å². The normalized spacial score (nSPS) is 17.4. The van der Waals surface area contributed by atoms with E-state index in [9.17, 15) is 0 Å². The maximum Gasteiger partial charge on any atom is 0.105 e. The van der Waals surface area contributed by atoms with Crippen molar-refractivity contribution in [1.82, 2.24) is 10.6 Å². The zero-order valence-electron chi connectivity index (χ0n) is 10.6. The van der Waals surface area contributed by atoms with Gasteiger partial charge in [-0.15, -0.1) is 0 Å². The highest BCUT2D eigenvalue weighted by molar-refractivity contribution is 4.98. The molecular formula is C14H24N2O. The van der Waals surface area contributed by atoms with Gasteiger partial charge in [0.1, 0.15) is 5.76 Å². The summed E-state index contributed by atoms with van der Waals surface area (Å²) < 4.78 is 5.29. The predicted octanol–water partition coefficient (Wildman–Crippen LogP) is 2.19. The van der Waals surface area contributed by atoms with Crippen molar-refractivity contribution < 1.29 is 4.42 Å². The van der Waals surface area contributed by atoms with Crippen LogP contribution in [-0.4, -0.2) is 26.2 Å². The zero-order valence-corrected chi connectivity index (χ0v) is 10.6. The van der Waals surface area contributed by atoms with E-state index in [1.54, 1.807) is 6.26 Å². The summed E-state index contributed by atoms with van der Waals surface area (Å²) in [6, 6.07) is 3.99. The number of furan rings is 1. The van der Waals surface area contributed by atoms with Crippen molar-refractivity contribution in [3.8, 4) is 0 Å². The van der Waals surface area contributed by atoms with Gasteiger partial charge in [-0.2, -0.15) is 0 Å². The Hall–Kier alpha value is -0.800. The van der Waals surface area contributed by atoms with Gasteiger partial charge in [-0.3, -0.25) is 0 Å². The molecule has 2 heterocycles. The standard InChI is InChI=1S/C14H24N2O/c1(3-13-5-9-16-10-6-13)8-15-11-7-14-4-2-12-17-14/h2,4,12-13,15-16H,1,3,5-11H2. The van der Waals surface area contributed by atoms with E-state index in [0.29, 0.717) is 0 Å². The molecule has 0 atom stereocenters. The highest BCUT2D eigenvalue weighted by Gasteiger charge is 2.11. The molecule has 3 heteroatoms. The summed E-state index contributed by atoms with van der Waals surface area (Å²) in [5, 5.41) is 6.90. The zero-order chi connectivity index (χ0) is 11.8. The van der Waals surface area contributed by atoms with Crippen LogP contribution in [0.2, 0.25) is 0 Å². The van der Waals surface area contributed by atoms with Gasteiger partial charge in [-0.1, -0.05) is 0 Å². The molecule has 0 aliphatic carbocycles. The van der Waals surface area contributed by atoms with Crippen LogP contribution in [0.3, 0.4) is 0 Å². The summed E-state index contributed by atoms with van der Waals surface area (Å²) in [7, 11) is 0. The minimum absolute atomic E-state index is 0.961. The number of hydrogen-bond donors (Lipinski definition) is 2. The van der Waals surface area contributed by atoms with E-state index < -0.39 is 0 Å². The molecule has 0 bridgehead atoms. The summed E-state index contributed by atoms with van der Waals surface area (Å²) >= 11 is 0. The minimum atomic E-state index is 0.961. The van der Waals surface area contributed by atoms with Gasteiger partial charge in [0.2, 0.25) is 0 Å². The van der Waals surface area contributed by atoms with Gasteiger partial charge in [-0.05, 0) is 63.4 Å². The smallest absolute Gasteiger partial charge is 0.105 e. The lowest BCUT2D eigenvalue weighted by atomic mass is 9.93. The molecule has 1 fully saturated rings. The Balaban J connectivity index is 1.43. The maximum absolute atomic E-state index is 5.29. The first-order chi connectivity index (χ1) is 8.45. The molecule has 0 unspecified atom stereocenters. The third kappa shape index (κ3) is 4.92. The molecule has 2 rings (SSSR count). The van der Waals surface area contributed by atoms with Crippen molar-refractivity contribution in [3.63, 3.8) is 0 Å². The molecule has 1 aromatic rings. The number of piperidine rings is 1. The fourth-order valence-corrected chi connectivity index (χ4v) is 2.48. The number of rotatable bonds is 7. The van der Waals surface area contributed by atoms with Gasteiger partial charge in [0.05, 0.1) is 6.26 Å². The molecule has 17 heavy (non-hydrogen) atoms. The summed E-state index contributed by atoms with van der Waals surface area (Å²) in [6.07, 6.45) is 8.17. The Morgan fingerprint density at radius 3 is 2.94 bits per heavy atom. The van der Waals surface area contributed by atoms with Gasteiger partial charge in [-0.25, -0.2) is 0 Å². The fourth-order valence-electron chi connectivity index (χ4n) is 2.48. The Morgan fingerprint density at radius 1 is 1.29 bits per heavy atom. The van der Waals surface area contributed by atoms with Gasteiger partial charge < -0.3 is 15.1 Å². The van der Waals surface area contributed by atoms with Crippen LogP contribution in [0.25, 0.3) is 0 Å². The lowest BCUT2D eigenvalue weighted by Gasteiger charge is -2.22. The highest BCUT2D eigenvalue weighted by Crippen LogP contribution is 2.16. The number of hydrogen-bond acceptors (Lipinski definition) is 3. The Morgan fingerprint density at radius 2 is 2.18 bits per heavy atom. The second-order valence-electron chi connectivity index (χ2n) is 4.91. The first kappa shape index (κ1) is 12.7. The van der Waals surface area contributed by atoms with Crippen molar-refractivity contribution in [3.05, 3.63) is 24.2 Å². The van der Waals surface area contributed by atoms with Crippen molar-refractivity contribution in [1.29, 1.82) is 0 Å². The minimum Gasteiger partial charge on any atom is -0.469 e. The maximum atomic E-state index is 5.29. The summed E-state index contributed by atoms with van der Waals surface area (Å²) in [5.74, 6) is 2.04. The van der Waals surface area contributed by atoms with Crippen LogP contribution in [0.4, 0.5) is 0 Å². The third-order valence-corrected chi connectivity index (χ3v) is 3.55. The molecule has 0 radical (unpaired) electrons. The van der Waals surface area contributed by atoms with E-state index in [-0.39, 0.29) is 0 Å².